The Labute approximate surface area is 102 Å². The van der Waals surface area contributed by atoms with Crippen LogP contribution in [0.4, 0.5) is 0 Å². The van der Waals surface area contributed by atoms with Crippen LogP contribution in [0.5, 0.6) is 5.75 Å². The summed E-state index contributed by atoms with van der Waals surface area (Å²) < 4.78 is 5.63. The van der Waals surface area contributed by atoms with Crippen molar-refractivity contribution in [3.8, 4) is 5.75 Å². The number of aryl methyl sites for hydroxylation is 1. The molecule has 0 aliphatic heterocycles. The van der Waals surface area contributed by atoms with Gasteiger partial charge in [0.2, 0.25) is 0 Å². The third-order valence-electron chi connectivity index (χ3n) is 2.21. The van der Waals surface area contributed by atoms with Gasteiger partial charge in [-0.1, -0.05) is 19.1 Å². The van der Waals surface area contributed by atoms with Crippen LogP contribution in [0.2, 0.25) is 0 Å². The molecule has 0 aliphatic rings. The average molecular weight is 240 g/mol. The zero-order chi connectivity index (χ0) is 11.8. The second-order valence-corrected chi connectivity index (χ2v) is 5.43. The molecule has 0 heterocycles. The van der Waals surface area contributed by atoms with E-state index in [0.717, 1.165) is 24.5 Å². The molecule has 1 rings (SSSR count). The fourth-order valence-electron chi connectivity index (χ4n) is 1.29. The van der Waals surface area contributed by atoms with Crippen LogP contribution in [0, 0.1) is 6.92 Å². The van der Waals surface area contributed by atoms with E-state index in [1.54, 1.807) is 11.8 Å². The molecule has 1 N–H and O–H groups in total. The summed E-state index contributed by atoms with van der Waals surface area (Å²) in [5.74, 6) is 1.98. The Balaban J connectivity index is 2.12. The Hall–Kier alpha value is -0.670. The van der Waals surface area contributed by atoms with E-state index in [0.29, 0.717) is 5.25 Å². The molecule has 1 unspecified atom stereocenters. The molecule has 0 amide bonds. The maximum Gasteiger partial charge on any atom is 0.119 e. The molecule has 90 valence electrons. The van der Waals surface area contributed by atoms with Gasteiger partial charge >= 0.3 is 0 Å². The number of hydrogen-bond donors (Lipinski definition) is 1. The third-order valence-corrected chi connectivity index (χ3v) is 3.45. The smallest absolute Gasteiger partial charge is 0.119 e. The SMILES string of the molecule is Cc1cccc(OCCCSC(C)CO)c1. The largest absolute Gasteiger partial charge is 0.494 e. The van der Waals surface area contributed by atoms with Gasteiger partial charge in [-0.25, -0.2) is 0 Å². The first-order valence-corrected chi connectivity index (χ1v) is 6.69. The van der Waals surface area contributed by atoms with Gasteiger partial charge in [-0.2, -0.15) is 11.8 Å². The van der Waals surface area contributed by atoms with Crippen molar-refractivity contribution in [3.05, 3.63) is 29.8 Å². The van der Waals surface area contributed by atoms with Gasteiger partial charge in [0.15, 0.2) is 0 Å². The maximum atomic E-state index is 8.85. The molecular formula is C13H20O2S. The fraction of sp³-hybridized carbons (Fsp3) is 0.538. The lowest BCUT2D eigenvalue weighted by molar-refractivity contribution is 0.299. The Morgan fingerprint density at radius 2 is 2.25 bits per heavy atom. The zero-order valence-electron chi connectivity index (χ0n) is 9.98. The minimum atomic E-state index is 0.253. The lowest BCUT2D eigenvalue weighted by Crippen LogP contribution is -2.05. The van der Waals surface area contributed by atoms with Crippen molar-refractivity contribution in [2.24, 2.45) is 0 Å². The monoisotopic (exact) mass is 240 g/mol. The third kappa shape index (κ3) is 5.42. The van der Waals surface area contributed by atoms with E-state index in [9.17, 15) is 0 Å². The van der Waals surface area contributed by atoms with Gasteiger partial charge < -0.3 is 9.84 Å². The Kier molecular flexibility index (Phi) is 6.34. The quantitative estimate of drug-likeness (QED) is 0.743. The number of aliphatic hydroxyl groups is 1. The predicted octanol–water partition coefficient (Wildman–Crippen LogP) is 2.88. The van der Waals surface area contributed by atoms with Crippen LogP contribution in [0.25, 0.3) is 0 Å². The van der Waals surface area contributed by atoms with E-state index in [2.05, 4.69) is 13.0 Å². The minimum absolute atomic E-state index is 0.253. The van der Waals surface area contributed by atoms with E-state index >= 15 is 0 Å². The zero-order valence-corrected chi connectivity index (χ0v) is 10.8. The molecule has 0 saturated carbocycles. The molecule has 1 aromatic carbocycles. The molecular weight excluding hydrogens is 220 g/mol. The summed E-state index contributed by atoms with van der Waals surface area (Å²) in [6, 6.07) is 8.10. The van der Waals surface area contributed by atoms with E-state index in [1.165, 1.54) is 5.56 Å². The molecule has 0 spiro atoms. The highest BCUT2D eigenvalue weighted by atomic mass is 32.2. The van der Waals surface area contributed by atoms with E-state index < -0.39 is 0 Å². The predicted molar refractivity (Wildman–Crippen MR) is 70.3 cm³/mol. The van der Waals surface area contributed by atoms with Crippen molar-refractivity contribution in [1.82, 2.24) is 0 Å². The summed E-state index contributed by atoms with van der Waals surface area (Å²) in [6.45, 7) is 5.09. The Morgan fingerprint density at radius 3 is 2.94 bits per heavy atom. The lowest BCUT2D eigenvalue weighted by Gasteiger charge is -2.08. The van der Waals surface area contributed by atoms with Crippen LogP contribution in [-0.4, -0.2) is 29.3 Å². The molecule has 0 saturated heterocycles. The van der Waals surface area contributed by atoms with Crippen LogP contribution in [-0.2, 0) is 0 Å². The van der Waals surface area contributed by atoms with Crippen molar-refractivity contribution < 1.29 is 9.84 Å². The highest BCUT2D eigenvalue weighted by molar-refractivity contribution is 7.99. The molecule has 1 aromatic rings. The maximum absolute atomic E-state index is 8.85. The van der Waals surface area contributed by atoms with Crippen molar-refractivity contribution in [2.75, 3.05) is 19.0 Å². The van der Waals surface area contributed by atoms with Crippen molar-refractivity contribution >= 4 is 11.8 Å². The number of aliphatic hydroxyl groups excluding tert-OH is 1. The number of hydrogen-bond acceptors (Lipinski definition) is 3. The molecule has 1 atom stereocenters. The van der Waals surface area contributed by atoms with Crippen LogP contribution in [0.15, 0.2) is 24.3 Å². The van der Waals surface area contributed by atoms with Gasteiger partial charge in [-0.05, 0) is 36.8 Å². The topological polar surface area (TPSA) is 29.5 Å². The summed E-state index contributed by atoms with van der Waals surface area (Å²) >= 11 is 1.78. The summed E-state index contributed by atoms with van der Waals surface area (Å²) in [5.41, 5.74) is 1.22. The first-order chi connectivity index (χ1) is 7.72. The first kappa shape index (κ1) is 13.4. The minimum Gasteiger partial charge on any atom is -0.494 e. The van der Waals surface area contributed by atoms with Crippen molar-refractivity contribution in [3.63, 3.8) is 0 Å². The van der Waals surface area contributed by atoms with Crippen LogP contribution in [0.1, 0.15) is 18.9 Å². The summed E-state index contributed by atoms with van der Waals surface area (Å²) in [7, 11) is 0. The number of rotatable bonds is 7. The summed E-state index contributed by atoms with van der Waals surface area (Å²) in [5, 5.41) is 9.18. The first-order valence-electron chi connectivity index (χ1n) is 5.64. The van der Waals surface area contributed by atoms with E-state index in [-0.39, 0.29) is 6.61 Å². The number of ether oxygens (including phenoxy) is 1. The second kappa shape index (κ2) is 7.58. The van der Waals surface area contributed by atoms with Gasteiger partial charge in [-0.3, -0.25) is 0 Å². The fourth-order valence-corrected chi connectivity index (χ4v) is 2.08. The average Bonchev–Trinajstić information content (AvgIpc) is 2.28. The van der Waals surface area contributed by atoms with Crippen LogP contribution < -0.4 is 4.74 Å². The Bertz CT molecular complexity index is 302. The van der Waals surface area contributed by atoms with Gasteiger partial charge in [0.05, 0.1) is 13.2 Å². The number of thioether (sulfide) groups is 1. The standard InChI is InChI=1S/C13H20O2S/c1-11-5-3-6-13(9-11)15-7-4-8-16-12(2)10-14/h3,5-6,9,12,14H,4,7-8,10H2,1-2H3. The molecule has 0 bridgehead atoms. The normalized spacial score (nSPS) is 12.4. The molecule has 0 aliphatic carbocycles. The van der Waals surface area contributed by atoms with Gasteiger partial charge in [0.25, 0.3) is 0 Å². The molecule has 2 nitrogen and oxygen atoms in total. The second-order valence-electron chi connectivity index (χ2n) is 3.88. The van der Waals surface area contributed by atoms with Crippen molar-refractivity contribution in [2.45, 2.75) is 25.5 Å². The van der Waals surface area contributed by atoms with E-state index in [1.807, 2.05) is 25.1 Å². The van der Waals surface area contributed by atoms with Gasteiger partial charge in [0, 0.05) is 5.25 Å². The molecule has 16 heavy (non-hydrogen) atoms. The van der Waals surface area contributed by atoms with Gasteiger partial charge in [-0.15, -0.1) is 0 Å². The van der Waals surface area contributed by atoms with Gasteiger partial charge in [0.1, 0.15) is 5.75 Å². The Morgan fingerprint density at radius 1 is 1.44 bits per heavy atom. The molecule has 0 fully saturated rings. The molecule has 0 radical (unpaired) electrons. The van der Waals surface area contributed by atoms with Crippen LogP contribution >= 0.6 is 11.8 Å². The van der Waals surface area contributed by atoms with Crippen molar-refractivity contribution in [1.29, 1.82) is 0 Å². The number of benzene rings is 1. The highest BCUT2D eigenvalue weighted by Crippen LogP contribution is 2.14. The molecule has 0 aromatic heterocycles. The van der Waals surface area contributed by atoms with Crippen LogP contribution in [0.3, 0.4) is 0 Å². The summed E-state index contributed by atoms with van der Waals surface area (Å²) in [4.78, 5) is 0. The highest BCUT2D eigenvalue weighted by Gasteiger charge is 1.99. The lowest BCUT2D eigenvalue weighted by atomic mass is 10.2. The summed E-state index contributed by atoms with van der Waals surface area (Å²) in [6.07, 6.45) is 1.02. The van der Waals surface area contributed by atoms with E-state index in [4.69, 9.17) is 9.84 Å². The molecule has 3 heteroatoms.